The van der Waals surface area contributed by atoms with E-state index in [9.17, 15) is 10.2 Å². The maximum atomic E-state index is 10.5. The van der Waals surface area contributed by atoms with Gasteiger partial charge in [-0.1, -0.05) is 48.5 Å². The molecular formula is C27H25N3O3. The molecule has 0 fully saturated rings. The van der Waals surface area contributed by atoms with Gasteiger partial charge in [0.25, 0.3) is 0 Å². The molecule has 0 radical (unpaired) electrons. The molecule has 6 nitrogen and oxygen atoms in total. The second kappa shape index (κ2) is 7.83. The first-order chi connectivity index (χ1) is 16.1. The summed E-state index contributed by atoms with van der Waals surface area (Å²) in [5, 5.41) is 28.6. The third-order valence-electron chi connectivity index (χ3n) is 6.66. The molecule has 3 unspecified atom stereocenters. The van der Waals surface area contributed by atoms with Crippen LogP contribution in [0, 0.1) is 5.92 Å². The summed E-state index contributed by atoms with van der Waals surface area (Å²) >= 11 is 0. The van der Waals surface area contributed by atoms with Gasteiger partial charge >= 0.3 is 0 Å². The normalized spacial score (nSPS) is 23.9. The molecule has 3 atom stereocenters. The molecule has 0 saturated heterocycles. The van der Waals surface area contributed by atoms with Gasteiger partial charge in [-0.3, -0.25) is 0 Å². The van der Waals surface area contributed by atoms with Crippen LogP contribution in [-0.4, -0.2) is 40.9 Å². The van der Waals surface area contributed by atoms with E-state index in [4.69, 9.17) is 9.73 Å². The average Bonchev–Trinajstić information content (AvgIpc) is 2.82. The molecule has 1 aliphatic heterocycles. The Balaban J connectivity index is 1.51. The van der Waals surface area contributed by atoms with Crippen LogP contribution in [0.4, 0.5) is 0 Å². The van der Waals surface area contributed by atoms with Crippen molar-refractivity contribution >= 4 is 33.2 Å². The molecule has 0 amide bonds. The Labute approximate surface area is 191 Å². The van der Waals surface area contributed by atoms with E-state index in [1.165, 1.54) is 33.4 Å². The summed E-state index contributed by atoms with van der Waals surface area (Å²) in [4.78, 5) is 9.43. The fraction of sp³-hybridized carbons (Fsp3) is 0.259. The third kappa shape index (κ3) is 3.34. The first kappa shape index (κ1) is 20.1. The number of hydrogen-bond donors (Lipinski definition) is 3. The predicted octanol–water partition coefficient (Wildman–Crippen LogP) is 4.15. The molecule has 6 rings (SSSR count). The standard InChI is InChI=1S/C27H25N3O3/c1-2-33-27-29-25(28-26(30-27)21-13-10-18(31)14-22(21)32)20-12-9-17-7-6-15-4-3-5-16-8-11-19(20)24(17)23(15)16/h3-5,8-14,21-22,27,31-32H,2,6-7H2,1H3,(H,28,29,30). The van der Waals surface area contributed by atoms with Crippen molar-refractivity contribution in [1.82, 2.24) is 5.32 Å². The first-order valence-electron chi connectivity index (χ1n) is 11.4. The lowest BCUT2D eigenvalue weighted by Gasteiger charge is -2.28. The van der Waals surface area contributed by atoms with Crippen LogP contribution in [0.15, 0.2) is 76.4 Å². The van der Waals surface area contributed by atoms with Crippen molar-refractivity contribution in [3.05, 3.63) is 83.1 Å². The number of aliphatic hydroxyl groups is 2. The monoisotopic (exact) mass is 439 g/mol. The number of hydrogen-bond acceptors (Lipinski definition) is 6. The van der Waals surface area contributed by atoms with Crippen LogP contribution in [0.2, 0.25) is 0 Å². The van der Waals surface area contributed by atoms with E-state index in [2.05, 4.69) is 52.8 Å². The zero-order chi connectivity index (χ0) is 22.5. The summed E-state index contributed by atoms with van der Waals surface area (Å²) < 4.78 is 5.80. The number of ether oxygens (including phenoxy) is 1. The molecule has 2 aliphatic carbocycles. The lowest BCUT2D eigenvalue weighted by atomic mass is 9.84. The van der Waals surface area contributed by atoms with Crippen molar-refractivity contribution in [3.8, 4) is 0 Å². The molecule has 166 valence electrons. The minimum absolute atomic E-state index is 0.0394. The number of nitrogens with one attached hydrogen (secondary N) is 1. The Morgan fingerprint density at radius 3 is 2.73 bits per heavy atom. The minimum Gasteiger partial charge on any atom is -0.508 e. The van der Waals surface area contributed by atoms with Crippen molar-refractivity contribution in [2.24, 2.45) is 15.9 Å². The highest BCUT2D eigenvalue weighted by Gasteiger charge is 2.29. The Kier molecular flexibility index (Phi) is 4.78. The van der Waals surface area contributed by atoms with E-state index in [0.29, 0.717) is 18.3 Å². The number of benzene rings is 3. The van der Waals surface area contributed by atoms with E-state index in [0.717, 1.165) is 23.8 Å². The summed E-state index contributed by atoms with van der Waals surface area (Å²) in [5.74, 6) is 0.725. The zero-order valence-corrected chi connectivity index (χ0v) is 18.3. The van der Waals surface area contributed by atoms with Crippen molar-refractivity contribution in [1.29, 1.82) is 0 Å². The smallest absolute Gasteiger partial charge is 0.228 e. The van der Waals surface area contributed by atoms with Crippen molar-refractivity contribution in [2.45, 2.75) is 32.2 Å². The molecule has 0 spiro atoms. The van der Waals surface area contributed by atoms with Gasteiger partial charge in [0, 0.05) is 12.2 Å². The van der Waals surface area contributed by atoms with Gasteiger partial charge in [-0.25, -0.2) is 9.98 Å². The maximum Gasteiger partial charge on any atom is 0.228 e. The number of allylic oxidation sites excluding steroid dienone is 1. The van der Waals surface area contributed by atoms with Gasteiger partial charge in [0.2, 0.25) is 6.35 Å². The van der Waals surface area contributed by atoms with Gasteiger partial charge in [0.05, 0.1) is 12.0 Å². The molecule has 3 aromatic carbocycles. The van der Waals surface area contributed by atoms with Gasteiger partial charge in [0.1, 0.15) is 17.4 Å². The third-order valence-corrected chi connectivity index (χ3v) is 6.66. The van der Waals surface area contributed by atoms with Gasteiger partial charge in [-0.05, 0) is 64.6 Å². The molecule has 6 heteroatoms. The quantitative estimate of drug-likeness (QED) is 0.533. The van der Waals surface area contributed by atoms with Crippen molar-refractivity contribution < 1.29 is 14.9 Å². The fourth-order valence-corrected chi connectivity index (χ4v) is 5.13. The summed E-state index contributed by atoms with van der Waals surface area (Å²) in [6.45, 7) is 2.40. The topological polar surface area (TPSA) is 86.4 Å². The van der Waals surface area contributed by atoms with Gasteiger partial charge in [-0.2, -0.15) is 0 Å². The van der Waals surface area contributed by atoms with Crippen LogP contribution >= 0.6 is 0 Å². The van der Waals surface area contributed by atoms with Gasteiger partial charge < -0.3 is 20.3 Å². The van der Waals surface area contributed by atoms with E-state index in [1.54, 1.807) is 12.2 Å². The number of aliphatic imine (C=N–C) groups is 2. The van der Waals surface area contributed by atoms with Crippen molar-refractivity contribution in [2.75, 3.05) is 6.61 Å². The number of aliphatic hydroxyl groups excluding tert-OH is 2. The molecule has 3 aromatic rings. The average molecular weight is 440 g/mol. The Hall–Kier alpha value is -3.48. The van der Waals surface area contributed by atoms with Crippen LogP contribution < -0.4 is 5.32 Å². The zero-order valence-electron chi connectivity index (χ0n) is 18.3. The number of rotatable bonds is 4. The number of nitrogens with zero attached hydrogens (tertiary/aromatic N) is 2. The van der Waals surface area contributed by atoms with E-state index < -0.39 is 18.4 Å². The van der Waals surface area contributed by atoms with Crippen LogP contribution in [-0.2, 0) is 17.6 Å². The highest BCUT2D eigenvalue weighted by Crippen LogP contribution is 2.37. The summed E-state index contributed by atoms with van der Waals surface area (Å²) in [6.07, 6.45) is 5.27. The first-order valence-corrected chi connectivity index (χ1v) is 11.4. The molecule has 0 aromatic heterocycles. The highest BCUT2D eigenvalue weighted by atomic mass is 16.5. The molecule has 33 heavy (non-hydrogen) atoms. The molecule has 3 N–H and O–H groups in total. The number of aryl methyl sites for hydroxylation is 2. The summed E-state index contributed by atoms with van der Waals surface area (Å²) in [5.41, 5.74) is 3.73. The predicted molar refractivity (Wildman–Crippen MR) is 131 cm³/mol. The number of amidine groups is 2. The van der Waals surface area contributed by atoms with E-state index >= 15 is 0 Å². The Morgan fingerprint density at radius 1 is 1.06 bits per heavy atom. The molecular weight excluding hydrogens is 414 g/mol. The molecule has 3 aliphatic rings. The van der Waals surface area contributed by atoms with Gasteiger partial charge in [-0.15, -0.1) is 0 Å². The fourth-order valence-electron chi connectivity index (χ4n) is 5.13. The summed E-state index contributed by atoms with van der Waals surface area (Å²) in [6, 6.07) is 15.2. The Bertz CT molecular complexity index is 1400. The summed E-state index contributed by atoms with van der Waals surface area (Å²) in [7, 11) is 0. The molecule has 0 saturated carbocycles. The molecule has 1 heterocycles. The lowest BCUT2D eigenvalue weighted by molar-refractivity contribution is 0.0575. The second-order valence-electron chi connectivity index (χ2n) is 8.64. The van der Waals surface area contributed by atoms with Crippen molar-refractivity contribution in [3.63, 3.8) is 0 Å². The van der Waals surface area contributed by atoms with Crippen LogP contribution in [0.1, 0.15) is 23.6 Å². The maximum absolute atomic E-state index is 10.5. The highest BCUT2D eigenvalue weighted by molar-refractivity contribution is 6.20. The largest absolute Gasteiger partial charge is 0.508 e. The lowest BCUT2D eigenvalue weighted by Crippen LogP contribution is -2.43. The van der Waals surface area contributed by atoms with Crippen LogP contribution in [0.5, 0.6) is 0 Å². The Morgan fingerprint density at radius 2 is 1.91 bits per heavy atom. The minimum atomic E-state index is -0.907. The van der Waals surface area contributed by atoms with E-state index in [-0.39, 0.29) is 5.76 Å². The van der Waals surface area contributed by atoms with Crippen LogP contribution in [0.3, 0.4) is 0 Å². The van der Waals surface area contributed by atoms with E-state index in [1.807, 2.05) is 6.92 Å². The SMILES string of the molecule is CCOC1N=C(C2C=CC(O)=CC2O)N=C(c2ccc3c4c2ccc2cccc(c24)CC3)N1. The molecule has 0 bridgehead atoms. The second-order valence-corrected chi connectivity index (χ2v) is 8.64. The van der Waals surface area contributed by atoms with Gasteiger partial charge in [0.15, 0.2) is 0 Å². The van der Waals surface area contributed by atoms with Crippen LogP contribution in [0.25, 0.3) is 21.5 Å².